The predicted molar refractivity (Wildman–Crippen MR) is 81.5 cm³/mol. The van der Waals surface area contributed by atoms with E-state index in [9.17, 15) is 9.59 Å². The molecule has 0 saturated heterocycles. The van der Waals surface area contributed by atoms with Crippen LogP contribution in [-0.4, -0.2) is 24.4 Å². The number of hydrogen-bond acceptors (Lipinski definition) is 4. The number of thiophene rings is 1. The summed E-state index contributed by atoms with van der Waals surface area (Å²) in [4.78, 5) is 23.5. The van der Waals surface area contributed by atoms with Crippen molar-refractivity contribution in [2.75, 3.05) is 7.05 Å². The van der Waals surface area contributed by atoms with Crippen molar-refractivity contribution < 1.29 is 14.7 Å². The van der Waals surface area contributed by atoms with E-state index in [0.29, 0.717) is 0 Å². The zero-order valence-electron chi connectivity index (χ0n) is 12.2. The normalized spacial score (nSPS) is 13.2. The van der Waals surface area contributed by atoms with E-state index in [1.807, 2.05) is 13.8 Å². The number of likely N-dealkylation sites (N-methyl/N-ethyl adjacent to an activating group) is 1. The molecule has 2 rings (SSSR count). The van der Waals surface area contributed by atoms with Gasteiger partial charge in [-0.2, -0.15) is 0 Å². The molecule has 2 N–H and O–H groups in total. The van der Waals surface area contributed by atoms with Gasteiger partial charge < -0.3 is 10.4 Å². The molecule has 0 fully saturated rings. The minimum absolute atomic E-state index is 0.262. The highest BCUT2D eigenvalue weighted by Crippen LogP contribution is 2.33. The van der Waals surface area contributed by atoms with Crippen molar-refractivity contribution in [2.24, 2.45) is 0 Å². The van der Waals surface area contributed by atoms with Crippen molar-refractivity contribution in [2.45, 2.75) is 39.5 Å². The number of rotatable bonds is 4. The number of allylic oxidation sites excluding steroid dienone is 1. The standard InChI is InChI=1S/C9H10OS.C6H11NO2/c1-6-8(5-10)7-3-2-4-9(7)11-6;1-3-4-5(7-2)6(8)9/h5H,2-4H2,1H3;4,7H,3H2,1-2H3,(H,8,9)/b;5-4+. The van der Waals surface area contributed by atoms with Crippen molar-refractivity contribution in [1.82, 2.24) is 5.32 Å². The number of carbonyl (C=O) groups is 2. The summed E-state index contributed by atoms with van der Waals surface area (Å²) in [7, 11) is 1.59. The van der Waals surface area contributed by atoms with Crippen LogP contribution in [0.15, 0.2) is 11.8 Å². The van der Waals surface area contributed by atoms with Crippen LogP contribution in [0.5, 0.6) is 0 Å². The molecule has 110 valence electrons. The molecule has 0 bridgehead atoms. The van der Waals surface area contributed by atoms with Crippen molar-refractivity contribution in [3.05, 3.63) is 32.7 Å². The second-order valence-corrected chi connectivity index (χ2v) is 5.84. The monoisotopic (exact) mass is 295 g/mol. The highest BCUT2D eigenvalue weighted by atomic mass is 32.1. The number of nitrogens with one attached hydrogen (secondary N) is 1. The lowest BCUT2D eigenvalue weighted by Crippen LogP contribution is -2.14. The third-order valence-corrected chi connectivity index (χ3v) is 4.40. The Morgan fingerprint density at radius 1 is 1.45 bits per heavy atom. The molecular formula is C15H21NO3S. The smallest absolute Gasteiger partial charge is 0.351 e. The molecule has 0 aromatic carbocycles. The zero-order valence-corrected chi connectivity index (χ0v) is 13.0. The largest absolute Gasteiger partial charge is 0.477 e. The Morgan fingerprint density at radius 3 is 2.60 bits per heavy atom. The van der Waals surface area contributed by atoms with Crippen molar-refractivity contribution >= 4 is 23.6 Å². The Balaban J connectivity index is 0.000000206. The van der Waals surface area contributed by atoms with Gasteiger partial charge in [-0.3, -0.25) is 4.79 Å². The van der Waals surface area contributed by atoms with Crippen molar-refractivity contribution in [3.63, 3.8) is 0 Å². The van der Waals surface area contributed by atoms with E-state index in [0.717, 1.165) is 24.7 Å². The molecule has 1 aromatic rings. The summed E-state index contributed by atoms with van der Waals surface area (Å²) in [5, 5.41) is 10.9. The average Bonchev–Trinajstić information content (AvgIpc) is 2.96. The maximum absolute atomic E-state index is 10.7. The highest BCUT2D eigenvalue weighted by Gasteiger charge is 2.19. The Morgan fingerprint density at radius 2 is 2.15 bits per heavy atom. The maximum atomic E-state index is 10.7. The molecule has 0 radical (unpaired) electrons. The van der Waals surface area contributed by atoms with Gasteiger partial charge >= 0.3 is 5.97 Å². The van der Waals surface area contributed by atoms with Gasteiger partial charge in [0, 0.05) is 22.4 Å². The number of carbonyl (C=O) groups excluding carboxylic acids is 1. The minimum Gasteiger partial charge on any atom is -0.477 e. The number of aldehydes is 1. The van der Waals surface area contributed by atoms with E-state index >= 15 is 0 Å². The molecule has 1 aromatic heterocycles. The van der Waals surface area contributed by atoms with Gasteiger partial charge in [-0.1, -0.05) is 13.0 Å². The van der Waals surface area contributed by atoms with Crippen LogP contribution < -0.4 is 5.32 Å². The van der Waals surface area contributed by atoms with Crippen LogP contribution in [0.4, 0.5) is 0 Å². The van der Waals surface area contributed by atoms with E-state index in [2.05, 4.69) is 5.32 Å². The third-order valence-electron chi connectivity index (χ3n) is 3.17. The number of hydrogen-bond donors (Lipinski definition) is 2. The average molecular weight is 295 g/mol. The first-order valence-electron chi connectivity index (χ1n) is 6.72. The maximum Gasteiger partial charge on any atom is 0.351 e. The first kappa shape index (κ1) is 16.4. The second kappa shape index (κ2) is 7.85. The fourth-order valence-corrected chi connectivity index (χ4v) is 3.45. The van der Waals surface area contributed by atoms with Gasteiger partial charge in [0.15, 0.2) is 6.29 Å². The fraction of sp³-hybridized carbons (Fsp3) is 0.467. The van der Waals surface area contributed by atoms with E-state index in [-0.39, 0.29) is 5.70 Å². The van der Waals surface area contributed by atoms with Gasteiger partial charge in [0.25, 0.3) is 0 Å². The molecule has 1 aliphatic carbocycles. The molecule has 0 atom stereocenters. The molecule has 0 unspecified atom stereocenters. The minimum atomic E-state index is -0.903. The van der Waals surface area contributed by atoms with Gasteiger partial charge in [0.1, 0.15) is 5.70 Å². The van der Waals surface area contributed by atoms with Gasteiger partial charge in [0.2, 0.25) is 0 Å². The van der Waals surface area contributed by atoms with Crippen molar-refractivity contribution in [1.29, 1.82) is 0 Å². The number of fused-ring (bicyclic) bond motifs is 1. The first-order chi connectivity index (χ1) is 9.54. The Bertz CT molecular complexity index is 517. The second-order valence-electron chi connectivity index (χ2n) is 4.53. The van der Waals surface area contributed by atoms with Crippen LogP contribution in [0.25, 0.3) is 0 Å². The summed E-state index contributed by atoms with van der Waals surface area (Å²) in [6, 6.07) is 0. The summed E-state index contributed by atoms with van der Waals surface area (Å²) in [6.07, 6.45) is 6.92. The molecule has 4 nitrogen and oxygen atoms in total. The number of aryl methyl sites for hydroxylation is 2. The van der Waals surface area contributed by atoms with Crippen LogP contribution in [0.3, 0.4) is 0 Å². The Hall–Kier alpha value is -1.62. The molecule has 1 aliphatic rings. The number of aliphatic carboxylic acids is 1. The molecule has 0 spiro atoms. The van der Waals surface area contributed by atoms with E-state index in [1.165, 1.54) is 28.2 Å². The quantitative estimate of drug-likeness (QED) is 0.662. The van der Waals surface area contributed by atoms with Gasteiger partial charge in [-0.15, -0.1) is 11.3 Å². The van der Waals surface area contributed by atoms with E-state index in [4.69, 9.17) is 5.11 Å². The fourth-order valence-electron chi connectivity index (χ4n) is 2.22. The van der Waals surface area contributed by atoms with Crippen LogP contribution in [-0.2, 0) is 17.6 Å². The topological polar surface area (TPSA) is 66.4 Å². The van der Waals surface area contributed by atoms with E-state index in [1.54, 1.807) is 24.5 Å². The summed E-state index contributed by atoms with van der Waals surface area (Å²) in [5.74, 6) is -0.903. The van der Waals surface area contributed by atoms with Crippen LogP contribution in [0.2, 0.25) is 0 Å². The molecule has 0 amide bonds. The van der Waals surface area contributed by atoms with E-state index < -0.39 is 5.97 Å². The van der Waals surface area contributed by atoms with Crippen LogP contribution in [0, 0.1) is 6.92 Å². The number of carboxylic acid groups (broad SMARTS) is 1. The summed E-state index contributed by atoms with van der Waals surface area (Å²) in [6.45, 7) is 3.92. The molecule has 5 heteroatoms. The number of carboxylic acids is 1. The Labute approximate surface area is 123 Å². The van der Waals surface area contributed by atoms with Crippen LogP contribution in [0.1, 0.15) is 45.4 Å². The zero-order chi connectivity index (χ0) is 15.1. The lowest BCUT2D eigenvalue weighted by molar-refractivity contribution is -0.133. The third kappa shape index (κ3) is 3.93. The molecule has 20 heavy (non-hydrogen) atoms. The van der Waals surface area contributed by atoms with Gasteiger partial charge in [-0.05, 0) is 38.2 Å². The molecule has 0 aliphatic heterocycles. The summed E-state index contributed by atoms with van der Waals surface area (Å²) in [5.41, 5.74) is 2.57. The predicted octanol–water partition coefficient (Wildman–Crippen LogP) is 2.94. The highest BCUT2D eigenvalue weighted by molar-refractivity contribution is 7.12. The SMILES string of the molecule is CC/C=C(/NC)C(=O)O.Cc1sc2c(c1C=O)CCC2. The van der Waals surface area contributed by atoms with Crippen molar-refractivity contribution in [3.8, 4) is 0 Å². The van der Waals surface area contributed by atoms with Crippen LogP contribution >= 0.6 is 11.3 Å². The Kier molecular flexibility index (Phi) is 6.45. The lowest BCUT2D eigenvalue weighted by Gasteiger charge is -1.97. The molecule has 0 saturated carbocycles. The first-order valence-corrected chi connectivity index (χ1v) is 7.54. The summed E-state index contributed by atoms with van der Waals surface area (Å²) >= 11 is 1.80. The van der Waals surface area contributed by atoms with Gasteiger partial charge in [-0.25, -0.2) is 4.79 Å². The lowest BCUT2D eigenvalue weighted by atomic mass is 10.1. The molecule has 1 heterocycles. The molecular weight excluding hydrogens is 274 g/mol. The summed E-state index contributed by atoms with van der Waals surface area (Å²) < 4.78 is 0. The van der Waals surface area contributed by atoms with Gasteiger partial charge in [0.05, 0.1) is 0 Å².